The number of hydrogen-bond acceptors (Lipinski definition) is 5. The zero-order chi connectivity index (χ0) is 24.9. The Morgan fingerprint density at radius 1 is 1.03 bits per heavy atom. The number of rotatable bonds is 8. The number of nitrogens with one attached hydrogen (secondary N) is 3. The van der Waals surface area contributed by atoms with Crippen molar-refractivity contribution in [2.45, 2.75) is 32.2 Å². The van der Waals surface area contributed by atoms with Gasteiger partial charge in [-0.1, -0.05) is 6.07 Å². The molecule has 0 saturated carbocycles. The lowest BCUT2D eigenvalue weighted by Crippen LogP contribution is -2.49. The normalized spacial score (nSPS) is 21.7. The van der Waals surface area contributed by atoms with E-state index in [-0.39, 0.29) is 29.7 Å². The van der Waals surface area contributed by atoms with E-state index in [4.69, 9.17) is 0 Å². The monoisotopic (exact) mass is 490 g/mol. The van der Waals surface area contributed by atoms with E-state index < -0.39 is 0 Å². The Kier molecular flexibility index (Phi) is 7.46. The molecule has 9 heteroatoms. The molecule has 3 N–H and O–H groups in total. The number of nitrogens with zero attached hydrogens (tertiary/aromatic N) is 3. The van der Waals surface area contributed by atoms with Crippen molar-refractivity contribution in [2.24, 2.45) is 11.8 Å². The van der Waals surface area contributed by atoms with Crippen LogP contribution in [0.1, 0.15) is 29.5 Å². The van der Waals surface area contributed by atoms with E-state index in [2.05, 4.69) is 38.0 Å². The third-order valence-electron chi connectivity index (χ3n) is 7.42. The topological polar surface area (TPSA) is 107 Å². The summed E-state index contributed by atoms with van der Waals surface area (Å²) >= 11 is 0. The lowest BCUT2D eigenvalue weighted by Gasteiger charge is -2.36. The maximum Gasteiger partial charge on any atom is 0.317 e. The molecule has 36 heavy (non-hydrogen) atoms. The zero-order valence-electron chi connectivity index (χ0n) is 20.5. The fourth-order valence-corrected chi connectivity index (χ4v) is 5.52. The van der Waals surface area contributed by atoms with Crippen molar-refractivity contribution in [1.29, 1.82) is 0 Å². The molecule has 2 aliphatic heterocycles. The van der Waals surface area contributed by atoms with Gasteiger partial charge in [-0.2, -0.15) is 0 Å². The second-order valence-electron chi connectivity index (χ2n) is 10.0. The van der Waals surface area contributed by atoms with E-state index in [0.29, 0.717) is 52.2 Å². The molecule has 0 radical (unpaired) electrons. The van der Waals surface area contributed by atoms with Gasteiger partial charge in [0.1, 0.15) is 0 Å². The number of aryl methyl sites for hydroxylation is 2. The molecule has 190 valence electrons. The summed E-state index contributed by atoms with van der Waals surface area (Å²) in [5, 5.41) is 8.88. The molecule has 3 heterocycles. The first-order chi connectivity index (χ1) is 17.5. The molecular weight excluding hydrogens is 456 g/mol. The number of urea groups is 1. The summed E-state index contributed by atoms with van der Waals surface area (Å²) in [7, 11) is 0. The minimum absolute atomic E-state index is 0.0427. The first-order valence-electron chi connectivity index (χ1n) is 12.9. The molecule has 2 aromatic rings. The summed E-state index contributed by atoms with van der Waals surface area (Å²) < 4.78 is 0. The fourth-order valence-electron chi connectivity index (χ4n) is 5.52. The highest BCUT2D eigenvalue weighted by Gasteiger charge is 2.35. The maximum atomic E-state index is 13.3. The van der Waals surface area contributed by atoms with E-state index in [9.17, 15) is 14.4 Å². The molecule has 1 aromatic carbocycles. The predicted octanol–water partition coefficient (Wildman–Crippen LogP) is 1.79. The van der Waals surface area contributed by atoms with Crippen LogP contribution in [0.4, 0.5) is 10.5 Å². The standard InChI is InChI=1S/C27H34N6O3/c34-25(29-10-12-33-13-11-30-27(33)36)22-14-23(18-32(17-22)16-19-6-8-28-9-7-19)26(35)31-24-5-4-20-2-1-3-21(20)15-24/h4-9,15,22-23H,1-3,10-14,16-18H2,(H,29,34)(H,30,36)(H,31,35)/t22-,23+/m0/s1. The van der Waals surface area contributed by atoms with Gasteiger partial charge in [0.05, 0.1) is 11.8 Å². The molecule has 4 amide bonds. The van der Waals surface area contributed by atoms with E-state index in [1.165, 1.54) is 17.5 Å². The number of carbonyl (C=O) groups is 3. The van der Waals surface area contributed by atoms with E-state index >= 15 is 0 Å². The number of carbonyl (C=O) groups excluding carboxylic acids is 3. The molecule has 2 fully saturated rings. The second-order valence-corrected chi connectivity index (χ2v) is 10.0. The quantitative estimate of drug-likeness (QED) is 0.523. The van der Waals surface area contributed by atoms with Gasteiger partial charge in [0.2, 0.25) is 11.8 Å². The van der Waals surface area contributed by atoms with Crippen LogP contribution >= 0.6 is 0 Å². The van der Waals surface area contributed by atoms with Crippen molar-refractivity contribution in [2.75, 3.05) is 44.6 Å². The van der Waals surface area contributed by atoms with Crippen molar-refractivity contribution in [3.63, 3.8) is 0 Å². The summed E-state index contributed by atoms with van der Waals surface area (Å²) in [5.41, 5.74) is 4.62. The summed E-state index contributed by atoms with van der Waals surface area (Å²) in [6, 6.07) is 10.0. The van der Waals surface area contributed by atoms with Crippen LogP contribution < -0.4 is 16.0 Å². The van der Waals surface area contributed by atoms with Crippen LogP contribution in [0.2, 0.25) is 0 Å². The Morgan fingerprint density at radius 2 is 1.81 bits per heavy atom. The van der Waals surface area contributed by atoms with Gasteiger partial charge in [0.25, 0.3) is 0 Å². The average Bonchev–Trinajstić information content (AvgIpc) is 3.52. The predicted molar refractivity (Wildman–Crippen MR) is 136 cm³/mol. The van der Waals surface area contributed by atoms with Crippen LogP contribution in [0, 0.1) is 11.8 Å². The number of pyridine rings is 1. The molecule has 1 aromatic heterocycles. The zero-order valence-corrected chi connectivity index (χ0v) is 20.5. The van der Waals surface area contributed by atoms with Gasteiger partial charge in [0.15, 0.2) is 0 Å². The Hall–Kier alpha value is -3.46. The van der Waals surface area contributed by atoms with Crippen molar-refractivity contribution in [1.82, 2.24) is 25.4 Å². The van der Waals surface area contributed by atoms with Gasteiger partial charge in [-0.3, -0.25) is 19.5 Å². The number of hydrogen-bond donors (Lipinski definition) is 3. The number of aromatic nitrogens is 1. The number of benzene rings is 1. The number of likely N-dealkylation sites (tertiary alicyclic amines) is 1. The third kappa shape index (κ3) is 5.84. The van der Waals surface area contributed by atoms with Crippen molar-refractivity contribution < 1.29 is 14.4 Å². The minimum Gasteiger partial charge on any atom is -0.354 e. The van der Waals surface area contributed by atoms with Crippen LogP contribution in [0.15, 0.2) is 42.7 Å². The van der Waals surface area contributed by atoms with Crippen LogP contribution in [-0.2, 0) is 29.0 Å². The lowest BCUT2D eigenvalue weighted by atomic mass is 9.87. The number of amides is 4. The molecule has 0 bridgehead atoms. The number of fused-ring (bicyclic) bond motifs is 1. The molecule has 1 aliphatic carbocycles. The number of piperidine rings is 1. The van der Waals surface area contributed by atoms with Gasteiger partial charge in [-0.05, 0) is 66.6 Å². The van der Waals surface area contributed by atoms with Gasteiger partial charge in [-0.25, -0.2) is 4.79 Å². The van der Waals surface area contributed by atoms with Crippen molar-refractivity contribution >= 4 is 23.5 Å². The molecule has 2 saturated heterocycles. The highest BCUT2D eigenvalue weighted by molar-refractivity contribution is 5.93. The molecule has 3 aliphatic rings. The Bertz CT molecular complexity index is 1110. The molecular formula is C27H34N6O3. The Labute approximate surface area is 211 Å². The first kappa shape index (κ1) is 24.2. The highest BCUT2D eigenvalue weighted by Crippen LogP contribution is 2.28. The van der Waals surface area contributed by atoms with Gasteiger partial charge < -0.3 is 20.9 Å². The van der Waals surface area contributed by atoms with E-state index in [0.717, 1.165) is 24.1 Å². The van der Waals surface area contributed by atoms with Gasteiger partial charge in [0, 0.05) is 63.9 Å². The molecule has 2 atom stereocenters. The van der Waals surface area contributed by atoms with Crippen LogP contribution in [0.5, 0.6) is 0 Å². The fraction of sp³-hybridized carbons (Fsp3) is 0.481. The third-order valence-corrected chi connectivity index (χ3v) is 7.42. The Balaban J connectivity index is 1.23. The van der Waals surface area contributed by atoms with Crippen molar-refractivity contribution in [3.8, 4) is 0 Å². The van der Waals surface area contributed by atoms with Crippen LogP contribution in [-0.4, -0.2) is 71.9 Å². The lowest BCUT2D eigenvalue weighted by molar-refractivity contribution is -0.130. The van der Waals surface area contributed by atoms with E-state index in [1.54, 1.807) is 17.3 Å². The highest BCUT2D eigenvalue weighted by atomic mass is 16.2. The molecule has 5 rings (SSSR count). The maximum absolute atomic E-state index is 13.3. The number of anilines is 1. The molecule has 0 unspecified atom stereocenters. The first-order valence-corrected chi connectivity index (χ1v) is 12.9. The van der Waals surface area contributed by atoms with Crippen LogP contribution in [0.3, 0.4) is 0 Å². The van der Waals surface area contributed by atoms with Crippen molar-refractivity contribution in [3.05, 3.63) is 59.4 Å². The molecule has 0 spiro atoms. The molecule has 9 nitrogen and oxygen atoms in total. The minimum atomic E-state index is -0.302. The van der Waals surface area contributed by atoms with Crippen LogP contribution in [0.25, 0.3) is 0 Å². The van der Waals surface area contributed by atoms with E-state index in [1.807, 2.05) is 18.2 Å². The van der Waals surface area contributed by atoms with Gasteiger partial charge in [-0.15, -0.1) is 0 Å². The summed E-state index contributed by atoms with van der Waals surface area (Å²) in [6.45, 7) is 4.01. The summed E-state index contributed by atoms with van der Waals surface area (Å²) in [5.74, 6) is -0.707. The Morgan fingerprint density at radius 3 is 2.58 bits per heavy atom. The second kappa shape index (κ2) is 11.1. The SMILES string of the molecule is O=C(NCCN1CCNC1=O)[C@H]1C[C@@H](C(=O)Nc2ccc3c(c2)CCC3)CN(Cc2ccncc2)C1. The average molecular weight is 491 g/mol. The summed E-state index contributed by atoms with van der Waals surface area (Å²) in [4.78, 5) is 46.2. The smallest absolute Gasteiger partial charge is 0.317 e. The largest absolute Gasteiger partial charge is 0.354 e. The van der Waals surface area contributed by atoms with Gasteiger partial charge >= 0.3 is 6.03 Å². The summed E-state index contributed by atoms with van der Waals surface area (Å²) in [6.07, 6.45) is 7.35.